The Labute approximate surface area is 445 Å². The Bertz CT molecular complexity index is 2310. The summed E-state index contributed by atoms with van der Waals surface area (Å²) >= 11 is 0. The fourth-order valence-corrected chi connectivity index (χ4v) is 12.1. The second-order valence-electron chi connectivity index (χ2n) is 22.9. The minimum absolute atomic E-state index is 0.172. The van der Waals surface area contributed by atoms with Gasteiger partial charge in [0, 0.05) is 70.2 Å². The maximum atomic E-state index is 14.6. The number of likely N-dealkylation sites (N-methyl/N-ethyl adjacent to an activating group) is 2. The van der Waals surface area contributed by atoms with Gasteiger partial charge in [-0.2, -0.15) is 5.26 Å². The molecule has 3 aliphatic heterocycles. The number of esters is 1. The average molecular weight is 1050 g/mol. The van der Waals surface area contributed by atoms with Gasteiger partial charge in [-0.15, -0.1) is 5.10 Å². The molecule has 6 rings (SSSR count). The summed E-state index contributed by atoms with van der Waals surface area (Å²) in [4.78, 5) is 18.6. The van der Waals surface area contributed by atoms with E-state index in [1.165, 1.54) is 14.0 Å². The Balaban J connectivity index is 1.17. The first-order chi connectivity index (χ1) is 35.3. The number of rotatable bonds is 15. The Hall–Kier alpha value is -4.10. The molecule has 418 valence electrons. The van der Waals surface area contributed by atoms with E-state index in [1.807, 2.05) is 101 Å². The molecule has 2 aromatic carbocycles. The van der Waals surface area contributed by atoms with Crippen LogP contribution in [0.2, 0.25) is 0 Å². The van der Waals surface area contributed by atoms with E-state index in [9.17, 15) is 30.3 Å². The summed E-state index contributed by atoms with van der Waals surface area (Å²) in [6.07, 6.45) is -4.13. The van der Waals surface area contributed by atoms with E-state index in [0.29, 0.717) is 51.1 Å². The van der Waals surface area contributed by atoms with Gasteiger partial charge >= 0.3 is 5.97 Å². The normalized spacial score (nSPS) is 37.8. The number of ether oxygens (including phenoxy) is 6. The van der Waals surface area contributed by atoms with Gasteiger partial charge in [0.05, 0.1) is 65.5 Å². The predicted molar refractivity (Wildman–Crippen MR) is 282 cm³/mol. The molecule has 3 aliphatic rings. The molecule has 18 heteroatoms. The van der Waals surface area contributed by atoms with E-state index in [4.69, 9.17) is 33.7 Å². The van der Waals surface area contributed by atoms with E-state index in [2.05, 4.69) is 21.3 Å². The van der Waals surface area contributed by atoms with Gasteiger partial charge < -0.3 is 63.8 Å². The Morgan fingerprint density at radius 3 is 2.21 bits per heavy atom. The van der Waals surface area contributed by atoms with Crippen LogP contribution >= 0.6 is 0 Å². The molecule has 1 unspecified atom stereocenters. The zero-order valence-electron chi connectivity index (χ0n) is 46.7. The van der Waals surface area contributed by atoms with Crippen LogP contribution in [0.15, 0.2) is 54.7 Å². The highest BCUT2D eigenvalue weighted by Crippen LogP contribution is 2.45. The van der Waals surface area contributed by atoms with Crippen LogP contribution in [0.5, 0.6) is 5.75 Å². The molecule has 4 heterocycles. The highest BCUT2D eigenvalue weighted by Gasteiger charge is 2.55. The first-order valence-corrected chi connectivity index (χ1v) is 27.1. The molecule has 0 amide bonds. The van der Waals surface area contributed by atoms with Gasteiger partial charge in [0.1, 0.15) is 35.8 Å². The standard InChI is InChI=1S/C57H88N6O12/c1-14-47-57(10,69)50(65)38(6)62(12)32-34(2)29-55(8,68)52(36(4)48(37(5)53(67)74-47)46-30-56(9,70-13)51(66)39(7)73-46)75-54-49(64)45(28-35(3)72-54)61(11)26-24-43-33-63(60-59-43)25-15-27-71-44-22-20-42(21-23-44)41-18-16-40(31-58)17-19-41/h16-23,33-39,45-52,54,64-66,68-69H,14-15,24-30,32H2,1-13H3/t34-,35-,36+,37-,38-,39+,45+,46?,47-,48+,49-,50-,51+,52-,54+,55-,56-,57-/m1/s1. The molecular formula is C57H88N6O12. The van der Waals surface area contributed by atoms with Gasteiger partial charge in [0.25, 0.3) is 0 Å². The number of hydrogen-bond acceptors (Lipinski definition) is 17. The number of methoxy groups -OCH3 is 1. The largest absolute Gasteiger partial charge is 0.494 e. The van der Waals surface area contributed by atoms with Crippen molar-refractivity contribution in [1.29, 1.82) is 5.26 Å². The second-order valence-corrected chi connectivity index (χ2v) is 22.9. The van der Waals surface area contributed by atoms with Crippen LogP contribution in [0.1, 0.15) is 113 Å². The second kappa shape index (κ2) is 25.6. The van der Waals surface area contributed by atoms with Crippen molar-refractivity contribution in [3.8, 4) is 22.9 Å². The molecule has 3 fully saturated rings. The maximum Gasteiger partial charge on any atom is 0.309 e. The van der Waals surface area contributed by atoms with Crippen molar-refractivity contribution in [1.82, 2.24) is 24.8 Å². The van der Waals surface area contributed by atoms with Crippen molar-refractivity contribution in [2.24, 2.45) is 23.7 Å². The summed E-state index contributed by atoms with van der Waals surface area (Å²) in [5.74, 6) is -2.37. The molecule has 0 bridgehead atoms. The quantitative estimate of drug-likeness (QED) is 0.0949. The smallest absolute Gasteiger partial charge is 0.309 e. The summed E-state index contributed by atoms with van der Waals surface area (Å²) in [6.45, 7) is 20.1. The molecule has 1 aromatic heterocycles. The molecule has 3 saturated heterocycles. The third-order valence-electron chi connectivity index (χ3n) is 16.8. The molecular weight excluding hydrogens is 961 g/mol. The number of benzene rings is 2. The van der Waals surface area contributed by atoms with Crippen molar-refractivity contribution in [3.63, 3.8) is 0 Å². The zero-order valence-corrected chi connectivity index (χ0v) is 46.7. The van der Waals surface area contributed by atoms with Crippen molar-refractivity contribution in [2.75, 3.05) is 40.9 Å². The predicted octanol–water partition coefficient (Wildman–Crippen LogP) is 5.39. The minimum atomic E-state index is -1.82. The third kappa shape index (κ3) is 14.3. The number of hydrogen-bond donors (Lipinski definition) is 5. The molecule has 18 nitrogen and oxygen atoms in total. The maximum absolute atomic E-state index is 14.6. The van der Waals surface area contributed by atoms with Gasteiger partial charge in [-0.05, 0) is 122 Å². The van der Waals surface area contributed by atoms with Crippen molar-refractivity contribution in [3.05, 3.63) is 66.0 Å². The number of nitriles is 1. The van der Waals surface area contributed by atoms with Gasteiger partial charge in [-0.3, -0.25) is 9.48 Å². The number of nitrogens with zero attached hydrogens (tertiary/aromatic N) is 6. The van der Waals surface area contributed by atoms with Crippen LogP contribution in [0.25, 0.3) is 11.1 Å². The number of aliphatic hydroxyl groups is 5. The first-order valence-electron chi connectivity index (χ1n) is 27.1. The van der Waals surface area contributed by atoms with E-state index in [0.717, 1.165) is 22.6 Å². The summed E-state index contributed by atoms with van der Waals surface area (Å²) in [6, 6.07) is 16.5. The van der Waals surface area contributed by atoms with Gasteiger partial charge in [0.2, 0.25) is 0 Å². The fraction of sp³-hybridized carbons (Fsp3) is 0.719. The number of aliphatic hydroxyl groups excluding tert-OH is 3. The average Bonchev–Trinajstić information content (AvgIpc) is 3.84. The first kappa shape index (κ1) is 60.1. The van der Waals surface area contributed by atoms with E-state index in [1.54, 1.807) is 39.8 Å². The summed E-state index contributed by atoms with van der Waals surface area (Å²) in [5.41, 5.74) is -0.970. The Morgan fingerprint density at radius 2 is 1.59 bits per heavy atom. The summed E-state index contributed by atoms with van der Waals surface area (Å²) < 4.78 is 40.1. The fourth-order valence-electron chi connectivity index (χ4n) is 12.1. The topological polar surface area (TPSA) is 235 Å². The highest BCUT2D eigenvalue weighted by molar-refractivity contribution is 5.73. The van der Waals surface area contributed by atoms with Crippen LogP contribution in [0, 0.1) is 35.0 Å². The lowest BCUT2D eigenvalue weighted by molar-refractivity contribution is -0.302. The minimum Gasteiger partial charge on any atom is -0.494 e. The van der Waals surface area contributed by atoms with Gasteiger partial charge in [-0.25, -0.2) is 0 Å². The van der Waals surface area contributed by atoms with Crippen LogP contribution in [-0.4, -0.2) is 181 Å². The molecule has 0 aliphatic carbocycles. The molecule has 0 spiro atoms. The number of carbonyl (C=O) groups excluding carboxylic acids is 1. The van der Waals surface area contributed by atoms with Crippen molar-refractivity contribution >= 4 is 5.97 Å². The van der Waals surface area contributed by atoms with Crippen molar-refractivity contribution < 1.29 is 58.7 Å². The molecule has 0 saturated carbocycles. The van der Waals surface area contributed by atoms with Gasteiger partial charge in [0.15, 0.2) is 6.29 Å². The highest BCUT2D eigenvalue weighted by atomic mass is 16.7. The number of carbonyl (C=O) groups is 1. The lowest BCUT2D eigenvalue weighted by atomic mass is 9.68. The monoisotopic (exact) mass is 1050 g/mol. The summed E-state index contributed by atoms with van der Waals surface area (Å²) in [5, 5.41) is 78.1. The van der Waals surface area contributed by atoms with Crippen molar-refractivity contribution in [2.45, 2.75) is 198 Å². The number of cyclic esters (lactones) is 1. The van der Waals surface area contributed by atoms with Crippen LogP contribution in [0.3, 0.4) is 0 Å². The Kier molecular flexibility index (Phi) is 20.5. The van der Waals surface area contributed by atoms with Crippen LogP contribution in [-0.2, 0) is 41.4 Å². The lowest BCUT2D eigenvalue weighted by Gasteiger charge is -2.51. The number of aryl methyl sites for hydroxylation is 1. The van der Waals surface area contributed by atoms with E-state index >= 15 is 0 Å². The van der Waals surface area contributed by atoms with E-state index < -0.39 is 102 Å². The zero-order chi connectivity index (χ0) is 55.2. The summed E-state index contributed by atoms with van der Waals surface area (Å²) in [7, 11) is 5.34. The van der Waals surface area contributed by atoms with Crippen LogP contribution < -0.4 is 4.74 Å². The van der Waals surface area contributed by atoms with Crippen LogP contribution in [0.4, 0.5) is 0 Å². The molecule has 0 radical (unpaired) electrons. The molecule has 18 atom stereocenters. The molecule has 5 N–H and O–H groups in total. The Morgan fingerprint density at radius 1 is 0.933 bits per heavy atom. The number of aromatic nitrogens is 3. The van der Waals surface area contributed by atoms with Gasteiger partial charge in [-0.1, -0.05) is 57.2 Å². The lowest BCUT2D eigenvalue weighted by Crippen LogP contribution is -2.62. The third-order valence-corrected chi connectivity index (χ3v) is 16.8. The molecule has 3 aromatic rings. The molecule has 75 heavy (non-hydrogen) atoms. The SMILES string of the molecule is CC[C@H]1OC(=O)[C@H](C)[C@@H](C2C[C@@](C)(OC)[C@@H](O)[C@H](C)O2)[C@H](C)[C@@H](O[C@@H]2O[C@H](C)C[C@H](N(C)CCc3cn(CCCOc4ccc(-c5ccc(C#N)cc5)cc4)nn3)[C@H]2O)[C@](C)(O)C[C@@H](C)CN(C)[C@H](C)[C@@H](O)[C@]1(C)O. The van der Waals surface area contributed by atoms with E-state index in [-0.39, 0.29) is 31.3 Å².